The van der Waals surface area contributed by atoms with Gasteiger partial charge in [0.05, 0.1) is 0 Å². The molecule has 0 spiro atoms. The maximum absolute atomic E-state index is 5.89. The second kappa shape index (κ2) is 4.36. The summed E-state index contributed by atoms with van der Waals surface area (Å²) >= 11 is 7.37. The summed E-state index contributed by atoms with van der Waals surface area (Å²) in [6.45, 7) is 2.03. The van der Waals surface area contributed by atoms with Crippen molar-refractivity contribution in [3.63, 3.8) is 0 Å². The molecular weight excluding hydrogens is 262 g/mol. The van der Waals surface area contributed by atoms with Crippen LogP contribution in [0, 0.1) is 0 Å². The Morgan fingerprint density at radius 3 is 2.64 bits per heavy atom. The Labute approximate surface area is 86.0 Å². The van der Waals surface area contributed by atoms with Crippen LogP contribution in [0.2, 0.25) is 0 Å². The van der Waals surface area contributed by atoms with Gasteiger partial charge in [0.2, 0.25) is 0 Å². The fraction of sp³-hybridized carbons (Fsp3) is 0.333. The van der Waals surface area contributed by atoms with Gasteiger partial charge in [-0.05, 0) is 0 Å². The number of hydrogen-bond donors (Lipinski definition) is 0. The Bertz CT molecular complexity index is 233. The van der Waals surface area contributed by atoms with E-state index in [4.69, 9.17) is 11.6 Å². The Morgan fingerprint density at radius 2 is 2.09 bits per heavy atom. The van der Waals surface area contributed by atoms with Crippen molar-refractivity contribution in [1.29, 1.82) is 0 Å². The van der Waals surface area contributed by atoms with Crippen LogP contribution in [0.4, 0.5) is 0 Å². The summed E-state index contributed by atoms with van der Waals surface area (Å²) in [6, 6.07) is 8.46. The van der Waals surface area contributed by atoms with Crippen molar-refractivity contribution in [3.8, 4) is 0 Å². The molecule has 11 heavy (non-hydrogen) atoms. The minimum absolute atomic E-state index is 0.247. The van der Waals surface area contributed by atoms with Gasteiger partial charge in [0.25, 0.3) is 0 Å². The molecule has 1 aromatic rings. The molecule has 0 fully saturated rings. The van der Waals surface area contributed by atoms with Crippen LogP contribution in [0.15, 0.2) is 24.3 Å². The van der Waals surface area contributed by atoms with Crippen LogP contribution in [0.5, 0.6) is 0 Å². The first-order chi connectivity index (χ1) is 5.20. The van der Waals surface area contributed by atoms with Crippen molar-refractivity contribution < 1.29 is 0 Å². The fourth-order valence-corrected chi connectivity index (χ4v) is 1.97. The van der Waals surface area contributed by atoms with Crippen molar-refractivity contribution >= 4 is 37.7 Å². The normalized spacial score (nSPS) is 13.0. The molecule has 0 saturated carbocycles. The van der Waals surface area contributed by atoms with E-state index >= 15 is 0 Å². The van der Waals surface area contributed by atoms with Gasteiger partial charge in [-0.2, -0.15) is 0 Å². The standard InChI is InChI=1S/C9H10Cl.Sn/c1-8(10)7-9-5-3-2-4-6-9;/h2-5,8H,7H2,1H3;. The number of rotatable bonds is 2. The molecule has 0 N–H and O–H groups in total. The van der Waals surface area contributed by atoms with E-state index in [9.17, 15) is 0 Å². The van der Waals surface area contributed by atoms with E-state index in [0.29, 0.717) is 0 Å². The fourth-order valence-electron chi connectivity index (χ4n) is 1.00. The zero-order chi connectivity index (χ0) is 8.27. The van der Waals surface area contributed by atoms with E-state index in [-0.39, 0.29) is 5.38 Å². The Morgan fingerprint density at radius 1 is 1.45 bits per heavy atom. The SMILES string of the molecule is CC(Cl)Cc1cccc[c]1[Sn]. The van der Waals surface area contributed by atoms with Gasteiger partial charge in [0.1, 0.15) is 0 Å². The predicted octanol–water partition coefficient (Wildman–Crippen LogP) is 1.65. The molecule has 1 atom stereocenters. The average molecular weight is 272 g/mol. The zero-order valence-corrected chi connectivity index (χ0v) is 10.1. The molecule has 0 amide bonds. The number of hydrogen-bond acceptors (Lipinski definition) is 0. The summed E-state index contributed by atoms with van der Waals surface area (Å²) in [7, 11) is 0. The van der Waals surface area contributed by atoms with E-state index in [1.165, 1.54) is 31.7 Å². The van der Waals surface area contributed by atoms with Crippen LogP contribution in [0.3, 0.4) is 0 Å². The summed E-state index contributed by atoms with van der Waals surface area (Å²) in [4.78, 5) is 0. The van der Waals surface area contributed by atoms with Gasteiger partial charge in [-0.1, -0.05) is 0 Å². The third-order valence-electron chi connectivity index (χ3n) is 1.52. The van der Waals surface area contributed by atoms with E-state index < -0.39 is 0 Å². The van der Waals surface area contributed by atoms with Gasteiger partial charge in [0.15, 0.2) is 0 Å². The summed E-state index contributed by atoms with van der Waals surface area (Å²) < 4.78 is 1.42. The molecule has 0 aliphatic carbocycles. The molecule has 2 heteroatoms. The Hall–Kier alpha value is 0.309. The first kappa shape index (κ1) is 9.40. The summed E-state index contributed by atoms with van der Waals surface area (Å²) in [5.74, 6) is 0. The van der Waals surface area contributed by atoms with Gasteiger partial charge in [-0.3, -0.25) is 0 Å². The van der Waals surface area contributed by atoms with Crippen molar-refractivity contribution in [2.45, 2.75) is 18.7 Å². The Balaban J connectivity index is 2.78. The monoisotopic (exact) mass is 273 g/mol. The van der Waals surface area contributed by atoms with Crippen LogP contribution in [-0.4, -0.2) is 27.9 Å². The molecule has 0 aliphatic heterocycles. The van der Waals surface area contributed by atoms with E-state index in [1.54, 1.807) is 0 Å². The zero-order valence-electron chi connectivity index (χ0n) is 6.47. The topological polar surface area (TPSA) is 0 Å². The van der Waals surface area contributed by atoms with Gasteiger partial charge >= 0.3 is 86.3 Å². The molecule has 0 bridgehead atoms. The van der Waals surface area contributed by atoms with Gasteiger partial charge in [-0.15, -0.1) is 0 Å². The van der Waals surface area contributed by atoms with Gasteiger partial charge in [-0.25, -0.2) is 0 Å². The molecule has 0 aliphatic rings. The molecule has 0 saturated heterocycles. The second-order valence-electron chi connectivity index (χ2n) is 2.64. The molecule has 1 aromatic carbocycles. The van der Waals surface area contributed by atoms with Crippen LogP contribution in [0.1, 0.15) is 12.5 Å². The maximum atomic E-state index is 5.89. The predicted molar refractivity (Wildman–Crippen MR) is 50.8 cm³/mol. The molecule has 0 heterocycles. The van der Waals surface area contributed by atoms with Crippen LogP contribution in [0.25, 0.3) is 0 Å². The molecule has 1 rings (SSSR count). The summed E-state index contributed by atoms with van der Waals surface area (Å²) in [6.07, 6.45) is 0.989. The number of halogens is 1. The molecule has 0 aromatic heterocycles. The van der Waals surface area contributed by atoms with Crippen molar-refractivity contribution in [3.05, 3.63) is 29.8 Å². The summed E-state index contributed by atoms with van der Waals surface area (Å²) in [5, 5.41) is 0.247. The first-order valence-corrected chi connectivity index (χ1v) is 5.50. The van der Waals surface area contributed by atoms with E-state index in [2.05, 4.69) is 24.3 Å². The molecule has 0 nitrogen and oxygen atoms in total. The van der Waals surface area contributed by atoms with Crippen LogP contribution in [-0.2, 0) is 6.42 Å². The molecular formula is C9H10ClSn. The van der Waals surface area contributed by atoms with E-state index in [1.807, 2.05) is 6.92 Å². The second-order valence-corrected chi connectivity index (χ2v) is 4.92. The Kier molecular flexibility index (Phi) is 3.73. The third-order valence-corrected chi connectivity index (χ3v) is 3.07. The van der Waals surface area contributed by atoms with Gasteiger partial charge in [0, 0.05) is 0 Å². The van der Waals surface area contributed by atoms with Crippen LogP contribution < -0.4 is 3.58 Å². The third kappa shape index (κ3) is 3.04. The quantitative estimate of drug-likeness (QED) is 0.567. The molecule has 57 valence electrons. The average Bonchev–Trinajstić information content (AvgIpc) is 1.93. The van der Waals surface area contributed by atoms with Crippen molar-refractivity contribution in [2.75, 3.05) is 0 Å². The summed E-state index contributed by atoms with van der Waals surface area (Å²) in [5.41, 5.74) is 1.40. The minimum atomic E-state index is 0.247. The van der Waals surface area contributed by atoms with E-state index in [0.717, 1.165) is 6.42 Å². The number of alkyl halides is 1. The molecule has 3 radical (unpaired) electrons. The number of benzene rings is 1. The van der Waals surface area contributed by atoms with Crippen LogP contribution >= 0.6 is 11.6 Å². The van der Waals surface area contributed by atoms with Crippen molar-refractivity contribution in [2.24, 2.45) is 0 Å². The first-order valence-electron chi connectivity index (χ1n) is 3.63. The van der Waals surface area contributed by atoms with Crippen molar-refractivity contribution in [1.82, 2.24) is 0 Å². The van der Waals surface area contributed by atoms with Gasteiger partial charge < -0.3 is 0 Å². The molecule has 1 unspecified atom stereocenters.